The van der Waals surface area contributed by atoms with Crippen LogP contribution in [0.5, 0.6) is 0 Å². The molecule has 0 radical (unpaired) electrons. The molecule has 8 nitrogen and oxygen atoms in total. The summed E-state index contributed by atoms with van der Waals surface area (Å²) >= 11 is 0. The molecule has 0 fully saturated rings. The summed E-state index contributed by atoms with van der Waals surface area (Å²) in [6.07, 6.45) is -0.0683. The molecule has 0 unspecified atom stereocenters. The smallest absolute Gasteiger partial charge is 0.362 e. The molecular formula is C13H14N4O4. The number of nitrogens with two attached hydrogens (primary N) is 1. The molecule has 1 aromatic carbocycles. The maximum atomic E-state index is 11.6. The van der Waals surface area contributed by atoms with E-state index < -0.39 is 11.9 Å². The molecule has 2 rings (SSSR count). The Hall–Kier alpha value is -2.90. The monoisotopic (exact) mass is 290 g/mol. The second kappa shape index (κ2) is 6.04. The summed E-state index contributed by atoms with van der Waals surface area (Å²) in [6.45, 7) is 1.90. The van der Waals surface area contributed by atoms with E-state index in [-0.39, 0.29) is 24.5 Å². The van der Waals surface area contributed by atoms with E-state index in [2.05, 4.69) is 10.3 Å². The summed E-state index contributed by atoms with van der Waals surface area (Å²) in [5, 5.41) is 16.2. The Labute approximate surface area is 120 Å². The number of nitrogen functional groups attached to an aromatic ring is 1. The fourth-order valence-corrected chi connectivity index (χ4v) is 1.75. The van der Waals surface area contributed by atoms with Crippen LogP contribution in [-0.2, 0) is 16.0 Å². The van der Waals surface area contributed by atoms with Gasteiger partial charge in [0.15, 0.2) is 5.82 Å². The molecule has 0 amide bonds. The summed E-state index contributed by atoms with van der Waals surface area (Å²) in [5.41, 5.74) is 7.00. The number of ether oxygens (including phenoxy) is 1. The zero-order valence-corrected chi connectivity index (χ0v) is 11.3. The molecule has 8 heteroatoms. The standard InChI is InChI=1S/C13H14N4O4/c1-2-21-13(20)11-12(14)17(16-15-11)9-5-3-8(4-6-9)7-10(18)19/h3-6H,2,7,14H2,1H3,(H,18,19). The van der Waals surface area contributed by atoms with E-state index >= 15 is 0 Å². The van der Waals surface area contributed by atoms with Gasteiger partial charge in [-0.25, -0.2) is 4.79 Å². The first-order valence-corrected chi connectivity index (χ1v) is 6.22. The van der Waals surface area contributed by atoms with E-state index in [1.54, 1.807) is 31.2 Å². The zero-order valence-electron chi connectivity index (χ0n) is 11.3. The molecule has 3 N–H and O–H groups in total. The third-order valence-electron chi connectivity index (χ3n) is 2.71. The highest BCUT2D eigenvalue weighted by molar-refractivity contribution is 5.92. The first-order chi connectivity index (χ1) is 10.0. The summed E-state index contributed by atoms with van der Waals surface area (Å²) in [6, 6.07) is 6.60. The first kappa shape index (κ1) is 14.5. The maximum absolute atomic E-state index is 11.6. The van der Waals surface area contributed by atoms with Crippen LogP contribution in [-0.4, -0.2) is 38.6 Å². The van der Waals surface area contributed by atoms with Crippen LogP contribution in [0.4, 0.5) is 5.82 Å². The summed E-state index contributed by atoms with van der Waals surface area (Å²) in [7, 11) is 0. The molecule has 0 spiro atoms. The number of carbonyl (C=O) groups is 2. The van der Waals surface area contributed by atoms with Crippen LogP contribution in [0.1, 0.15) is 23.0 Å². The molecule has 2 aromatic rings. The molecule has 1 aromatic heterocycles. The van der Waals surface area contributed by atoms with E-state index in [4.69, 9.17) is 15.6 Å². The highest BCUT2D eigenvalue weighted by Crippen LogP contribution is 2.16. The van der Waals surface area contributed by atoms with Crippen molar-refractivity contribution in [3.05, 3.63) is 35.5 Å². The van der Waals surface area contributed by atoms with Crippen LogP contribution in [0.25, 0.3) is 5.69 Å². The molecule has 1 heterocycles. The van der Waals surface area contributed by atoms with E-state index in [9.17, 15) is 9.59 Å². The lowest BCUT2D eigenvalue weighted by Crippen LogP contribution is -2.09. The van der Waals surface area contributed by atoms with Crippen LogP contribution in [0.3, 0.4) is 0 Å². The Kier molecular flexibility index (Phi) is 4.17. The molecule has 0 saturated carbocycles. The number of carboxylic acids is 1. The number of hydrogen-bond donors (Lipinski definition) is 2. The van der Waals surface area contributed by atoms with E-state index in [0.29, 0.717) is 11.3 Å². The molecule has 0 aliphatic rings. The van der Waals surface area contributed by atoms with Gasteiger partial charge in [0.1, 0.15) is 0 Å². The van der Waals surface area contributed by atoms with Crippen LogP contribution >= 0.6 is 0 Å². The van der Waals surface area contributed by atoms with Gasteiger partial charge in [-0.3, -0.25) is 4.79 Å². The molecule has 21 heavy (non-hydrogen) atoms. The minimum Gasteiger partial charge on any atom is -0.481 e. The summed E-state index contributed by atoms with van der Waals surface area (Å²) < 4.78 is 6.11. The topological polar surface area (TPSA) is 120 Å². The van der Waals surface area contributed by atoms with Crippen molar-refractivity contribution in [3.63, 3.8) is 0 Å². The molecule has 0 bridgehead atoms. The Morgan fingerprint density at radius 3 is 2.57 bits per heavy atom. The van der Waals surface area contributed by atoms with Gasteiger partial charge in [0, 0.05) is 0 Å². The molecule has 0 aliphatic heterocycles. The van der Waals surface area contributed by atoms with Crippen LogP contribution in [0.2, 0.25) is 0 Å². The van der Waals surface area contributed by atoms with Gasteiger partial charge >= 0.3 is 11.9 Å². The molecule has 0 saturated heterocycles. The number of anilines is 1. The van der Waals surface area contributed by atoms with Gasteiger partial charge in [-0.2, -0.15) is 4.68 Å². The van der Waals surface area contributed by atoms with Gasteiger partial charge in [-0.15, -0.1) is 5.10 Å². The lowest BCUT2D eigenvalue weighted by atomic mass is 10.1. The Morgan fingerprint density at radius 2 is 2.00 bits per heavy atom. The highest BCUT2D eigenvalue weighted by atomic mass is 16.5. The number of esters is 1. The van der Waals surface area contributed by atoms with Crippen molar-refractivity contribution in [2.45, 2.75) is 13.3 Å². The predicted molar refractivity (Wildman–Crippen MR) is 73.1 cm³/mol. The molecule has 0 atom stereocenters. The molecular weight excluding hydrogens is 276 g/mol. The van der Waals surface area contributed by atoms with Crippen molar-refractivity contribution in [1.29, 1.82) is 0 Å². The lowest BCUT2D eigenvalue weighted by molar-refractivity contribution is -0.136. The average Bonchev–Trinajstić information content (AvgIpc) is 2.81. The number of aromatic nitrogens is 3. The molecule has 110 valence electrons. The fraction of sp³-hybridized carbons (Fsp3) is 0.231. The van der Waals surface area contributed by atoms with Crippen molar-refractivity contribution in [2.75, 3.05) is 12.3 Å². The number of nitrogens with zero attached hydrogens (tertiary/aromatic N) is 3. The predicted octanol–water partition coefficient (Wildman–Crippen LogP) is 0.653. The van der Waals surface area contributed by atoms with Gasteiger partial charge < -0.3 is 15.6 Å². The van der Waals surface area contributed by atoms with E-state index in [0.717, 1.165) is 0 Å². The zero-order chi connectivity index (χ0) is 15.4. The third kappa shape index (κ3) is 3.16. The highest BCUT2D eigenvalue weighted by Gasteiger charge is 2.19. The maximum Gasteiger partial charge on any atom is 0.362 e. The Morgan fingerprint density at radius 1 is 1.33 bits per heavy atom. The SMILES string of the molecule is CCOC(=O)c1nnn(-c2ccc(CC(=O)O)cc2)c1N. The summed E-state index contributed by atoms with van der Waals surface area (Å²) in [4.78, 5) is 22.2. The second-order valence-corrected chi connectivity index (χ2v) is 4.19. The summed E-state index contributed by atoms with van der Waals surface area (Å²) in [5.74, 6) is -1.48. The number of hydrogen-bond acceptors (Lipinski definition) is 6. The number of rotatable bonds is 5. The second-order valence-electron chi connectivity index (χ2n) is 4.19. The minimum atomic E-state index is -0.910. The fourth-order valence-electron chi connectivity index (χ4n) is 1.75. The van der Waals surface area contributed by atoms with Gasteiger partial charge in [-0.05, 0) is 24.6 Å². The van der Waals surface area contributed by atoms with Gasteiger partial charge in [0.05, 0.1) is 18.7 Å². The lowest BCUT2D eigenvalue weighted by Gasteiger charge is -2.04. The van der Waals surface area contributed by atoms with Gasteiger partial charge in [-0.1, -0.05) is 17.3 Å². The van der Waals surface area contributed by atoms with Crippen molar-refractivity contribution < 1.29 is 19.4 Å². The largest absolute Gasteiger partial charge is 0.481 e. The van der Waals surface area contributed by atoms with Crippen molar-refractivity contribution in [2.24, 2.45) is 0 Å². The van der Waals surface area contributed by atoms with Crippen molar-refractivity contribution >= 4 is 17.8 Å². The average molecular weight is 290 g/mol. The van der Waals surface area contributed by atoms with E-state index in [1.165, 1.54) is 4.68 Å². The van der Waals surface area contributed by atoms with Crippen molar-refractivity contribution in [1.82, 2.24) is 15.0 Å². The normalized spacial score (nSPS) is 10.3. The van der Waals surface area contributed by atoms with Crippen LogP contribution in [0.15, 0.2) is 24.3 Å². The first-order valence-electron chi connectivity index (χ1n) is 6.22. The number of benzene rings is 1. The Bertz CT molecular complexity index is 663. The quantitative estimate of drug-likeness (QED) is 0.775. The van der Waals surface area contributed by atoms with Gasteiger partial charge in [0.25, 0.3) is 0 Å². The number of aliphatic carboxylic acids is 1. The van der Waals surface area contributed by atoms with Gasteiger partial charge in [0.2, 0.25) is 5.69 Å². The van der Waals surface area contributed by atoms with Crippen LogP contribution in [0, 0.1) is 0 Å². The minimum absolute atomic E-state index is 0.0496. The third-order valence-corrected chi connectivity index (χ3v) is 2.71. The number of carbonyl (C=O) groups excluding carboxylic acids is 1. The van der Waals surface area contributed by atoms with Crippen molar-refractivity contribution in [3.8, 4) is 5.69 Å². The number of carboxylic acid groups (broad SMARTS) is 1. The van der Waals surface area contributed by atoms with Crippen LogP contribution < -0.4 is 5.73 Å². The Balaban J connectivity index is 2.26. The molecule has 0 aliphatic carbocycles. The van der Waals surface area contributed by atoms with E-state index in [1.807, 2.05) is 0 Å².